The minimum Gasteiger partial charge on any atom is -0.378 e. The Bertz CT molecular complexity index is 654. The zero-order valence-corrected chi connectivity index (χ0v) is 13.1. The molecule has 0 saturated carbocycles. The molecule has 0 heterocycles. The summed E-state index contributed by atoms with van der Waals surface area (Å²) >= 11 is 0. The average molecular weight is 303 g/mol. The van der Waals surface area contributed by atoms with Gasteiger partial charge >= 0.3 is 0 Å². The van der Waals surface area contributed by atoms with Gasteiger partial charge < -0.3 is 4.90 Å². The lowest BCUT2D eigenvalue weighted by atomic mass is 10.0. The highest BCUT2D eigenvalue weighted by Crippen LogP contribution is 2.29. The maximum Gasteiger partial charge on any atom is 0.157 e. The minimum absolute atomic E-state index is 0.0496. The molecule has 0 N–H and O–H groups in total. The summed E-state index contributed by atoms with van der Waals surface area (Å²) in [6, 6.07) is 9.83. The molecule has 0 atom stereocenters. The number of nitrogens with zero attached hydrogens (tertiary/aromatic N) is 3. The first kappa shape index (κ1) is 16.1. The summed E-state index contributed by atoms with van der Waals surface area (Å²) < 4.78 is 27.9. The van der Waals surface area contributed by atoms with Gasteiger partial charge in [-0.1, -0.05) is 13.8 Å². The van der Waals surface area contributed by atoms with Crippen LogP contribution in [-0.2, 0) is 0 Å². The molecular weight excluding hydrogens is 284 g/mol. The molecule has 2 rings (SSSR count). The standard InChI is InChI=1S/C17H19F2N3/c1-11(2)12-9-15(18)17(16(19)10-12)21-20-13-5-7-14(8-6-13)22(3)4/h5-11H,1-4H3. The predicted molar refractivity (Wildman–Crippen MR) is 85.4 cm³/mol. The topological polar surface area (TPSA) is 28.0 Å². The van der Waals surface area contributed by atoms with Crippen LogP contribution in [0.4, 0.5) is 25.8 Å². The van der Waals surface area contributed by atoms with E-state index in [1.54, 1.807) is 12.1 Å². The molecule has 2 aromatic rings. The molecule has 0 amide bonds. The number of azo groups is 1. The van der Waals surface area contributed by atoms with Crippen molar-refractivity contribution in [3.8, 4) is 0 Å². The first-order chi connectivity index (χ1) is 10.4. The van der Waals surface area contributed by atoms with Crippen LogP contribution in [0.5, 0.6) is 0 Å². The van der Waals surface area contributed by atoms with Crippen molar-refractivity contribution in [2.75, 3.05) is 19.0 Å². The number of rotatable bonds is 4. The monoisotopic (exact) mass is 303 g/mol. The number of hydrogen-bond acceptors (Lipinski definition) is 3. The highest BCUT2D eigenvalue weighted by molar-refractivity contribution is 5.52. The highest BCUT2D eigenvalue weighted by atomic mass is 19.1. The van der Waals surface area contributed by atoms with Gasteiger partial charge in [0.05, 0.1) is 5.69 Å². The fourth-order valence-electron chi connectivity index (χ4n) is 1.94. The van der Waals surface area contributed by atoms with Crippen LogP contribution < -0.4 is 4.90 Å². The summed E-state index contributed by atoms with van der Waals surface area (Å²) in [4.78, 5) is 1.95. The van der Waals surface area contributed by atoms with E-state index in [9.17, 15) is 8.78 Å². The second-order valence-corrected chi connectivity index (χ2v) is 5.60. The molecule has 0 fully saturated rings. The number of halogens is 2. The Balaban J connectivity index is 2.26. The van der Waals surface area contributed by atoms with Crippen molar-refractivity contribution in [3.05, 3.63) is 53.6 Å². The molecule has 2 aromatic carbocycles. The molecule has 0 aromatic heterocycles. The van der Waals surface area contributed by atoms with Crippen molar-refractivity contribution in [2.24, 2.45) is 10.2 Å². The van der Waals surface area contributed by atoms with Crippen LogP contribution in [0.15, 0.2) is 46.6 Å². The normalized spacial score (nSPS) is 11.4. The quantitative estimate of drug-likeness (QED) is 0.679. The van der Waals surface area contributed by atoms with Gasteiger partial charge in [-0.2, -0.15) is 5.11 Å². The summed E-state index contributed by atoms with van der Waals surface area (Å²) in [5, 5.41) is 7.61. The van der Waals surface area contributed by atoms with E-state index in [-0.39, 0.29) is 11.6 Å². The molecule has 116 valence electrons. The molecule has 5 heteroatoms. The van der Waals surface area contributed by atoms with Crippen LogP contribution >= 0.6 is 0 Å². The smallest absolute Gasteiger partial charge is 0.157 e. The van der Waals surface area contributed by atoms with Crippen molar-refractivity contribution in [1.29, 1.82) is 0 Å². The molecule has 22 heavy (non-hydrogen) atoms. The van der Waals surface area contributed by atoms with E-state index in [0.717, 1.165) is 5.69 Å². The maximum atomic E-state index is 13.9. The predicted octanol–water partition coefficient (Wildman–Crippen LogP) is 5.57. The van der Waals surface area contributed by atoms with E-state index in [4.69, 9.17) is 0 Å². The van der Waals surface area contributed by atoms with Crippen molar-refractivity contribution >= 4 is 17.1 Å². The van der Waals surface area contributed by atoms with Crippen LogP contribution in [0.3, 0.4) is 0 Å². The summed E-state index contributed by atoms with van der Waals surface area (Å²) in [6.07, 6.45) is 0. The third-order valence-electron chi connectivity index (χ3n) is 3.34. The minimum atomic E-state index is -0.697. The largest absolute Gasteiger partial charge is 0.378 e. The molecule has 0 radical (unpaired) electrons. The number of anilines is 1. The Morgan fingerprint density at radius 3 is 1.91 bits per heavy atom. The van der Waals surface area contributed by atoms with Crippen LogP contribution in [-0.4, -0.2) is 14.1 Å². The van der Waals surface area contributed by atoms with Gasteiger partial charge in [0, 0.05) is 19.8 Å². The zero-order valence-electron chi connectivity index (χ0n) is 13.1. The second-order valence-electron chi connectivity index (χ2n) is 5.60. The zero-order chi connectivity index (χ0) is 16.3. The first-order valence-electron chi connectivity index (χ1n) is 7.06. The van der Waals surface area contributed by atoms with Gasteiger partial charge in [0.15, 0.2) is 17.3 Å². The molecule has 0 saturated heterocycles. The van der Waals surface area contributed by atoms with Gasteiger partial charge in [0.25, 0.3) is 0 Å². The molecule has 0 unspecified atom stereocenters. The van der Waals surface area contributed by atoms with Crippen LogP contribution in [0.25, 0.3) is 0 Å². The summed E-state index contributed by atoms with van der Waals surface area (Å²) in [5.74, 6) is -1.34. The molecule has 0 bridgehead atoms. The van der Waals surface area contributed by atoms with Gasteiger partial charge in [0.2, 0.25) is 0 Å². The van der Waals surface area contributed by atoms with Gasteiger partial charge in [-0.3, -0.25) is 0 Å². The Morgan fingerprint density at radius 2 is 1.45 bits per heavy atom. The lowest BCUT2D eigenvalue weighted by Crippen LogP contribution is -2.07. The van der Waals surface area contributed by atoms with E-state index >= 15 is 0 Å². The third-order valence-corrected chi connectivity index (χ3v) is 3.34. The second kappa shape index (κ2) is 6.64. The maximum absolute atomic E-state index is 13.9. The van der Waals surface area contributed by atoms with Gasteiger partial charge in [0.1, 0.15) is 0 Å². The van der Waals surface area contributed by atoms with Gasteiger partial charge in [-0.25, -0.2) is 8.78 Å². The fraction of sp³-hybridized carbons (Fsp3) is 0.294. The molecule has 0 aliphatic rings. The van der Waals surface area contributed by atoms with Crippen molar-refractivity contribution in [3.63, 3.8) is 0 Å². The fourth-order valence-corrected chi connectivity index (χ4v) is 1.94. The lowest BCUT2D eigenvalue weighted by Gasteiger charge is -2.11. The molecule has 0 spiro atoms. The van der Waals surface area contributed by atoms with Crippen LogP contribution in [0, 0.1) is 11.6 Å². The van der Waals surface area contributed by atoms with E-state index in [1.807, 2.05) is 45.0 Å². The summed E-state index contributed by atoms with van der Waals surface area (Å²) in [6.45, 7) is 3.75. The van der Waals surface area contributed by atoms with Gasteiger partial charge in [-0.15, -0.1) is 5.11 Å². The van der Waals surface area contributed by atoms with Crippen LogP contribution in [0.2, 0.25) is 0 Å². The van der Waals surface area contributed by atoms with Crippen molar-refractivity contribution < 1.29 is 8.78 Å². The Morgan fingerprint density at radius 1 is 0.909 bits per heavy atom. The first-order valence-corrected chi connectivity index (χ1v) is 7.06. The van der Waals surface area contributed by atoms with Crippen molar-refractivity contribution in [1.82, 2.24) is 0 Å². The van der Waals surface area contributed by atoms with Gasteiger partial charge in [-0.05, 0) is 47.9 Å². The molecule has 0 aliphatic carbocycles. The molecule has 3 nitrogen and oxygen atoms in total. The number of hydrogen-bond donors (Lipinski definition) is 0. The Kier molecular flexibility index (Phi) is 4.85. The highest BCUT2D eigenvalue weighted by Gasteiger charge is 2.12. The Hall–Kier alpha value is -2.30. The summed E-state index contributed by atoms with van der Waals surface area (Å²) in [7, 11) is 3.86. The SMILES string of the molecule is CC(C)c1cc(F)c(N=Nc2ccc(N(C)C)cc2)c(F)c1. The van der Waals surface area contributed by atoms with E-state index in [0.29, 0.717) is 11.3 Å². The molecule has 0 aliphatic heterocycles. The van der Waals surface area contributed by atoms with Crippen molar-refractivity contribution in [2.45, 2.75) is 19.8 Å². The molecular formula is C17H19F2N3. The Labute approximate surface area is 129 Å². The lowest BCUT2D eigenvalue weighted by molar-refractivity contribution is 0.579. The van der Waals surface area contributed by atoms with E-state index in [2.05, 4.69) is 10.2 Å². The number of benzene rings is 2. The summed E-state index contributed by atoms with van der Waals surface area (Å²) in [5.41, 5.74) is 1.79. The van der Waals surface area contributed by atoms with E-state index < -0.39 is 11.6 Å². The third kappa shape index (κ3) is 3.67. The van der Waals surface area contributed by atoms with Crippen LogP contribution in [0.1, 0.15) is 25.3 Å². The van der Waals surface area contributed by atoms with E-state index in [1.165, 1.54) is 12.1 Å². The average Bonchev–Trinajstić information content (AvgIpc) is 2.46.